The Balaban J connectivity index is 1.43. The number of fused-ring (bicyclic) bond motifs is 1. The molecule has 2 aromatic carbocycles. The first-order valence-electron chi connectivity index (χ1n) is 14.2. The number of rotatable bonds is 7. The van der Waals surface area contributed by atoms with Gasteiger partial charge in [0.1, 0.15) is 12.4 Å². The topological polar surface area (TPSA) is 67.2 Å². The van der Waals surface area contributed by atoms with E-state index >= 15 is 0 Å². The zero-order valence-electron chi connectivity index (χ0n) is 22.3. The van der Waals surface area contributed by atoms with Crippen LogP contribution in [0.2, 0.25) is 0 Å². The van der Waals surface area contributed by atoms with Gasteiger partial charge in [-0.25, -0.2) is 4.98 Å². The number of hydrogen-bond acceptors (Lipinski definition) is 3. The number of carbonyl (C=O) groups excluding carboxylic acids is 2. The summed E-state index contributed by atoms with van der Waals surface area (Å²) in [6.45, 7) is 4.16. The normalized spacial score (nSPS) is 18.0. The van der Waals surface area contributed by atoms with Gasteiger partial charge in [0.05, 0.1) is 17.1 Å². The van der Waals surface area contributed by atoms with Crippen molar-refractivity contribution in [3.8, 4) is 0 Å². The van der Waals surface area contributed by atoms with Gasteiger partial charge in [-0.05, 0) is 63.3 Å². The summed E-state index contributed by atoms with van der Waals surface area (Å²) in [5, 5.41) is 3.14. The lowest BCUT2D eigenvalue weighted by Gasteiger charge is -2.42. The standard InChI is InChI=1S/C31H40N4O2/c1-22-13-9-10-18-26(22)31(37)32-23(2)30-33-27-19-11-12-20-28(27)34(30)21-29(36)35(24-14-5-3-6-15-24)25-16-7-4-8-17-25/h9-13,18-20,23-25H,3-8,14-17,21H2,1-2H3,(H,32,37). The number of carbonyl (C=O) groups is 2. The fourth-order valence-electron chi connectivity index (χ4n) is 6.40. The van der Waals surface area contributed by atoms with Gasteiger partial charge in [-0.1, -0.05) is 68.9 Å². The predicted molar refractivity (Wildman–Crippen MR) is 147 cm³/mol. The summed E-state index contributed by atoms with van der Waals surface area (Å²) in [6, 6.07) is 15.9. The molecule has 0 saturated heterocycles. The molecule has 0 bridgehead atoms. The Morgan fingerprint density at radius 3 is 2.16 bits per heavy atom. The number of nitrogens with one attached hydrogen (secondary N) is 1. The van der Waals surface area contributed by atoms with E-state index in [0.717, 1.165) is 48.1 Å². The van der Waals surface area contributed by atoms with Crippen molar-refractivity contribution in [1.82, 2.24) is 19.8 Å². The third-order valence-electron chi connectivity index (χ3n) is 8.33. The molecular weight excluding hydrogens is 460 g/mol. The highest BCUT2D eigenvalue weighted by atomic mass is 16.2. The minimum absolute atomic E-state index is 0.124. The van der Waals surface area contributed by atoms with Crippen LogP contribution in [0.5, 0.6) is 0 Å². The van der Waals surface area contributed by atoms with E-state index in [4.69, 9.17) is 4.98 Å². The third-order valence-corrected chi connectivity index (χ3v) is 8.33. The minimum atomic E-state index is -0.342. The van der Waals surface area contributed by atoms with Crippen molar-refractivity contribution in [2.24, 2.45) is 0 Å². The molecule has 196 valence electrons. The molecule has 2 aliphatic carbocycles. The van der Waals surface area contributed by atoms with Gasteiger partial charge in [-0.3, -0.25) is 9.59 Å². The van der Waals surface area contributed by atoms with Crippen LogP contribution < -0.4 is 5.32 Å². The van der Waals surface area contributed by atoms with Crippen LogP contribution in [0.15, 0.2) is 48.5 Å². The maximum Gasteiger partial charge on any atom is 0.252 e. The Morgan fingerprint density at radius 1 is 0.919 bits per heavy atom. The van der Waals surface area contributed by atoms with Crippen molar-refractivity contribution in [3.63, 3.8) is 0 Å². The summed E-state index contributed by atoms with van der Waals surface area (Å²) < 4.78 is 2.04. The molecule has 3 aromatic rings. The van der Waals surface area contributed by atoms with Crippen molar-refractivity contribution in [2.45, 2.75) is 103 Å². The maximum absolute atomic E-state index is 14.1. The molecule has 2 amide bonds. The molecule has 2 fully saturated rings. The molecule has 6 nitrogen and oxygen atoms in total. The number of aryl methyl sites for hydroxylation is 1. The van der Waals surface area contributed by atoms with E-state index in [1.54, 1.807) is 0 Å². The fraction of sp³-hybridized carbons (Fsp3) is 0.516. The molecule has 0 radical (unpaired) electrons. The monoisotopic (exact) mass is 500 g/mol. The number of hydrogen-bond donors (Lipinski definition) is 1. The van der Waals surface area contributed by atoms with Crippen molar-refractivity contribution in [1.29, 1.82) is 0 Å². The zero-order chi connectivity index (χ0) is 25.8. The molecule has 2 saturated carbocycles. The molecule has 37 heavy (non-hydrogen) atoms. The SMILES string of the molecule is Cc1ccccc1C(=O)NC(C)c1nc2ccccc2n1CC(=O)N(C1CCCCC1)C1CCCCC1. The highest BCUT2D eigenvalue weighted by molar-refractivity contribution is 5.95. The molecule has 1 heterocycles. The molecule has 2 aliphatic rings. The summed E-state index contributed by atoms with van der Waals surface area (Å²) in [6.07, 6.45) is 11.8. The van der Waals surface area contributed by atoms with E-state index < -0.39 is 0 Å². The largest absolute Gasteiger partial charge is 0.342 e. The minimum Gasteiger partial charge on any atom is -0.342 e. The second-order valence-electron chi connectivity index (χ2n) is 10.9. The van der Waals surface area contributed by atoms with E-state index in [0.29, 0.717) is 17.6 Å². The molecule has 6 heteroatoms. The Kier molecular flexibility index (Phi) is 7.92. The van der Waals surface area contributed by atoms with E-state index in [-0.39, 0.29) is 24.4 Å². The number of nitrogens with zero attached hydrogens (tertiary/aromatic N) is 3. The quantitative estimate of drug-likeness (QED) is 0.412. The predicted octanol–water partition coefficient (Wildman–Crippen LogP) is 6.33. The number of imidazole rings is 1. The molecule has 0 aliphatic heterocycles. The van der Waals surface area contributed by atoms with Gasteiger partial charge in [0.2, 0.25) is 5.91 Å². The summed E-state index contributed by atoms with van der Waals surface area (Å²) >= 11 is 0. The van der Waals surface area contributed by atoms with Crippen LogP contribution in [0.25, 0.3) is 11.0 Å². The van der Waals surface area contributed by atoms with Crippen LogP contribution in [0.1, 0.15) is 98.9 Å². The van der Waals surface area contributed by atoms with Crippen LogP contribution in [0.3, 0.4) is 0 Å². The van der Waals surface area contributed by atoms with Crippen molar-refractivity contribution < 1.29 is 9.59 Å². The zero-order valence-corrected chi connectivity index (χ0v) is 22.3. The third kappa shape index (κ3) is 5.58. The first-order valence-corrected chi connectivity index (χ1v) is 14.2. The van der Waals surface area contributed by atoms with Gasteiger partial charge in [0, 0.05) is 17.6 Å². The van der Waals surface area contributed by atoms with Gasteiger partial charge < -0.3 is 14.8 Å². The summed E-state index contributed by atoms with van der Waals surface area (Å²) in [5.74, 6) is 0.797. The van der Waals surface area contributed by atoms with Gasteiger partial charge >= 0.3 is 0 Å². The highest BCUT2D eigenvalue weighted by Gasteiger charge is 2.33. The second-order valence-corrected chi connectivity index (χ2v) is 10.9. The molecule has 5 rings (SSSR count). The molecule has 0 spiro atoms. The van der Waals surface area contributed by atoms with Crippen LogP contribution in [0, 0.1) is 6.92 Å². The lowest BCUT2D eigenvalue weighted by molar-refractivity contribution is -0.138. The average Bonchev–Trinajstić information content (AvgIpc) is 3.28. The van der Waals surface area contributed by atoms with E-state index in [2.05, 4.69) is 10.2 Å². The molecule has 1 atom stereocenters. The Bertz CT molecular complexity index is 1220. The van der Waals surface area contributed by atoms with Crippen molar-refractivity contribution in [2.75, 3.05) is 0 Å². The average molecular weight is 501 g/mol. The van der Waals surface area contributed by atoms with Crippen LogP contribution in [-0.2, 0) is 11.3 Å². The van der Waals surface area contributed by atoms with Gasteiger partial charge in [0.15, 0.2) is 0 Å². The maximum atomic E-state index is 14.1. The van der Waals surface area contributed by atoms with E-state index in [1.165, 1.54) is 38.5 Å². The lowest BCUT2D eigenvalue weighted by Crippen LogP contribution is -2.50. The van der Waals surface area contributed by atoms with E-state index in [1.807, 2.05) is 66.9 Å². The molecule has 1 unspecified atom stereocenters. The first-order chi connectivity index (χ1) is 18.0. The van der Waals surface area contributed by atoms with Gasteiger partial charge in [-0.15, -0.1) is 0 Å². The van der Waals surface area contributed by atoms with Crippen LogP contribution in [0.4, 0.5) is 0 Å². The van der Waals surface area contributed by atoms with Gasteiger partial charge in [-0.2, -0.15) is 0 Å². The Hall–Kier alpha value is -3.15. The lowest BCUT2D eigenvalue weighted by atomic mass is 9.88. The molecule has 1 N–H and O–H groups in total. The number of para-hydroxylation sites is 2. The van der Waals surface area contributed by atoms with Crippen molar-refractivity contribution in [3.05, 3.63) is 65.5 Å². The summed E-state index contributed by atoms with van der Waals surface area (Å²) in [5.41, 5.74) is 3.39. The number of benzene rings is 2. The van der Waals surface area contributed by atoms with Crippen LogP contribution in [-0.4, -0.2) is 38.3 Å². The first kappa shape index (κ1) is 25.5. The highest BCUT2D eigenvalue weighted by Crippen LogP contribution is 2.31. The number of aromatic nitrogens is 2. The molecular formula is C31H40N4O2. The van der Waals surface area contributed by atoms with Gasteiger partial charge in [0.25, 0.3) is 5.91 Å². The summed E-state index contributed by atoms with van der Waals surface area (Å²) in [7, 11) is 0. The Labute approximate surface area is 220 Å². The second kappa shape index (κ2) is 11.5. The molecule has 1 aromatic heterocycles. The number of amides is 2. The van der Waals surface area contributed by atoms with E-state index in [9.17, 15) is 9.59 Å². The fourth-order valence-corrected chi connectivity index (χ4v) is 6.40. The smallest absolute Gasteiger partial charge is 0.252 e. The Morgan fingerprint density at radius 2 is 1.51 bits per heavy atom. The summed E-state index contributed by atoms with van der Waals surface area (Å²) in [4.78, 5) is 34.4. The van der Waals surface area contributed by atoms with Crippen molar-refractivity contribution >= 4 is 22.8 Å². The van der Waals surface area contributed by atoms with Crippen LogP contribution >= 0.6 is 0 Å².